The van der Waals surface area contributed by atoms with E-state index in [-0.39, 0.29) is 24.3 Å². The predicted molar refractivity (Wildman–Crippen MR) is 102 cm³/mol. The average molecular weight is 363 g/mol. The highest BCUT2D eigenvalue weighted by Crippen LogP contribution is 2.15. The Morgan fingerprint density at radius 1 is 1.00 bits per heavy atom. The van der Waals surface area contributed by atoms with Gasteiger partial charge in [-0.2, -0.15) is 15.0 Å². The Labute approximate surface area is 157 Å². The summed E-state index contributed by atoms with van der Waals surface area (Å²) in [5, 5.41) is 14.0. The maximum atomic E-state index is 12.6. The minimum absolute atomic E-state index is 0.0942. The molecule has 0 spiro atoms. The van der Waals surface area contributed by atoms with Gasteiger partial charge in [-0.25, -0.2) is 0 Å². The van der Waals surface area contributed by atoms with E-state index in [0.29, 0.717) is 12.2 Å². The van der Waals surface area contributed by atoms with Crippen molar-refractivity contribution in [2.75, 3.05) is 5.32 Å². The molecule has 0 saturated carbocycles. The van der Waals surface area contributed by atoms with Crippen LogP contribution in [0.15, 0.2) is 67.0 Å². The first-order valence-corrected chi connectivity index (χ1v) is 8.65. The van der Waals surface area contributed by atoms with Crippen molar-refractivity contribution in [2.24, 2.45) is 0 Å². The minimum Gasteiger partial charge on any atom is -0.347 e. The van der Waals surface area contributed by atoms with Crippen molar-refractivity contribution in [1.29, 1.82) is 0 Å². The topological polar surface area (TPSA) is 88.9 Å². The lowest BCUT2D eigenvalue weighted by Gasteiger charge is -2.19. The van der Waals surface area contributed by atoms with Crippen molar-refractivity contribution in [3.8, 4) is 0 Å². The average Bonchev–Trinajstić information content (AvgIpc) is 3.16. The molecule has 0 radical (unpaired) electrons. The van der Waals surface area contributed by atoms with Crippen molar-refractivity contribution in [2.45, 2.75) is 25.9 Å². The molecule has 0 aliphatic rings. The van der Waals surface area contributed by atoms with Crippen molar-refractivity contribution in [1.82, 2.24) is 20.3 Å². The van der Waals surface area contributed by atoms with Crippen molar-refractivity contribution in [3.05, 3.63) is 78.1 Å². The number of benzene rings is 2. The van der Waals surface area contributed by atoms with E-state index in [4.69, 9.17) is 0 Å². The summed E-state index contributed by atoms with van der Waals surface area (Å²) in [6, 6.07) is 16.7. The largest absolute Gasteiger partial charge is 0.347 e. The second kappa shape index (κ2) is 8.75. The van der Waals surface area contributed by atoms with Gasteiger partial charge >= 0.3 is 0 Å². The molecular formula is C20H21N5O2. The fraction of sp³-hybridized carbons (Fsp3) is 0.200. The summed E-state index contributed by atoms with van der Waals surface area (Å²) in [5.74, 6) is -0.221. The minimum atomic E-state index is -0.232. The Morgan fingerprint density at radius 3 is 2.30 bits per heavy atom. The molecule has 0 saturated heterocycles. The Kier molecular flexibility index (Phi) is 5.94. The van der Waals surface area contributed by atoms with Gasteiger partial charge in [0.1, 0.15) is 0 Å². The van der Waals surface area contributed by atoms with Gasteiger partial charge in [-0.15, -0.1) is 0 Å². The van der Waals surface area contributed by atoms with Crippen LogP contribution in [0.5, 0.6) is 0 Å². The Balaban J connectivity index is 1.66. The molecule has 138 valence electrons. The van der Waals surface area contributed by atoms with Gasteiger partial charge in [0.2, 0.25) is 11.8 Å². The zero-order valence-corrected chi connectivity index (χ0v) is 15.0. The highest BCUT2D eigenvalue weighted by Gasteiger charge is 2.16. The second-order valence-corrected chi connectivity index (χ2v) is 6.17. The number of nitrogens with one attached hydrogen (secondary N) is 2. The summed E-state index contributed by atoms with van der Waals surface area (Å²) in [5.41, 5.74) is 2.56. The molecule has 7 nitrogen and oxygen atoms in total. The van der Waals surface area contributed by atoms with Crippen molar-refractivity contribution >= 4 is 17.5 Å². The SMILES string of the molecule is CC(=O)Nc1ccc(CC(=O)NC(Cn2nccn2)c2ccccc2)cc1. The fourth-order valence-corrected chi connectivity index (χ4v) is 2.76. The van der Waals surface area contributed by atoms with Crippen LogP contribution in [-0.2, 0) is 22.6 Å². The Bertz CT molecular complexity index is 877. The summed E-state index contributed by atoms with van der Waals surface area (Å²) < 4.78 is 0. The smallest absolute Gasteiger partial charge is 0.224 e. The summed E-state index contributed by atoms with van der Waals surface area (Å²) in [6.45, 7) is 1.91. The van der Waals surface area contributed by atoms with E-state index >= 15 is 0 Å². The van der Waals surface area contributed by atoms with E-state index in [2.05, 4.69) is 20.8 Å². The van der Waals surface area contributed by atoms with Gasteiger partial charge in [0.25, 0.3) is 0 Å². The summed E-state index contributed by atoms with van der Waals surface area (Å²) in [7, 11) is 0. The number of carbonyl (C=O) groups excluding carboxylic acids is 2. The number of carbonyl (C=O) groups is 2. The van der Waals surface area contributed by atoms with Gasteiger partial charge in [0.15, 0.2) is 0 Å². The molecule has 1 unspecified atom stereocenters. The third-order valence-electron chi connectivity index (χ3n) is 3.99. The quantitative estimate of drug-likeness (QED) is 0.674. The first-order valence-electron chi connectivity index (χ1n) is 8.65. The molecular weight excluding hydrogens is 342 g/mol. The van der Waals surface area contributed by atoms with Crippen LogP contribution in [0.3, 0.4) is 0 Å². The van der Waals surface area contributed by atoms with E-state index in [1.165, 1.54) is 6.92 Å². The lowest BCUT2D eigenvalue weighted by Crippen LogP contribution is -2.33. The Morgan fingerprint density at radius 2 is 1.67 bits per heavy atom. The molecule has 1 heterocycles. The van der Waals surface area contributed by atoms with Gasteiger partial charge in [-0.3, -0.25) is 9.59 Å². The van der Waals surface area contributed by atoms with E-state index in [1.807, 2.05) is 42.5 Å². The van der Waals surface area contributed by atoms with Crippen LogP contribution >= 0.6 is 0 Å². The molecule has 27 heavy (non-hydrogen) atoms. The number of hydrogen-bond acceptors (Lipinski definition) is 4. The molecule has 3 rings (SSSR count). The number of amides is 2. The van der Waals surface area contributed by atoms with Crippen LogP contribution in [0, 0.1) is 0 Å². The molecule has 0 aliphatic carbocycles. The predicted octanol–water partition coefficient (Wildman–Crippen LogP) is 2.34. The molecule has 2 amide bonds. The van der Waals surface area contributed by atoms with E-state index in [9.17, 15) is 9.59 Å². The monoisotopic (exact) mass is 363 g/mol. The van der Waals surface area contributed by atoms with Gasteiger partial charge in [0, 0.05) is 12.6 Å². The molecule has 3 aromatic rings. The molecule has 1 atom stereocenters. The molecule has 7 heteroatoms. The molecule has 2 N–H and O–H groups in total. The summed E-state index contributed by atoms with van der Waals surface area (Å²) in [4.78, 5) is 25.2. The standard InChI is InChI=1S/C20H21N5O2/c1-15(26)23-18-9-7-16(8-10-18)13-20(27)24-19(14-25-21-11-12-22-25)17-5-3-2-4-6-17/h2-12,19H,13-14H2,1H3,(H,23,26)(H,24,27). The molecule has 1 aromatic heterocycles. The number of aromatic nitrogens is 3. The van der Waals surface area contributed by atoms with Crippen LogP contribution in [0.25, 0.3) is 0 Å². The lowest BCUT2D eigenvalue weighted by atomic mass is 10.1. The van der Waals surface area contributed by atoms with Gasteiger partial charge < -0.3 is 10.6 Å². The van der Waals surface area contributed by atoms with Crippen LogP contribution in [0.1, 0.15) is 24.1 Å². The number of anilines is 1. The maximum absolute atomic E-state index is 12.6. The van der Waals surface area contributed by atoms with E-state index in [1.54, 1.807) is 29.3 Å². The van der Waals surface area contributed by atoms with Crippen LogP contribution in [0.2, 0.25) is 0 Å². The van der Waals surface area contributed by atoms with E-state index in [0.717, 1.165) is 11.1 Å². The third-order valence-corrected chi connectivity index (χ3v) is 3.99. The highest BCUT2D eigenvalue weighted by molar-refractivity contribution is 5.88. The number of rotatable bonds is 7. The van der Waals surface area contributed by atoms with Crippen LogP contribution in [-0.4, -0.2) is 26.8 Å². The highest BCUT2D eigenvalue weighted by atomic mass is 16.2. The summed E-state index contributed by atoms with van der Waals surface area (Å²) in [6.07, 6.45) is 3.47. The first kappa shape index (κ1) is 18.3. The first-order chi connectivity index (χ1) is 13.1. The maximum Gasteiger partial charge on any atom is 0.224 e. The van der Waals surface area contributed by atoms with Gasteiger partial charge in [-0.1, -0.05) is 42.5 Å². The molecule has 2 aromatic carbocycles. The van der Waals surface area contributed by atoms with Crippen LogP contribution < -0.4 is 10.6 Å². The van der Waals surface area contributed by atoms with E-state index < -0.39 is 0 Å². The zero-order valence-electron chi connectivity index (χ0n) is 15.0. The normalized spacial score (nSPS) is 11.6. The van der Waals surface area contributed by atoms with Gasteiger partial charge in [-0.05, 0) is 23.3 Å². The van der Waals surface area contributed by atoms with Gasteiger partial charge in [0.05, 0.1) is 31.4 Å². The molecule has 0 aliphatic heterocycles. The van der Waals surface area contributed by atoms with Crippen molar-refractivity contribution in [3.63, 3.8) is 0 Å². The second-order valence-electron chi connectivity index (χ2n) is 6.17. The number of hydrogen-bond donors (Lipinski definition) is 2. The fourth-order valence-electron chi connectivity index (χ4n) is 2.76. The molecule has 0 bridgehead atoms. The zero-order chi connectivity index (χ0) is 19.1. The number of nitrogens with zero attached hydrogens (tertiary/aromatic N) is 3. The molecule has 0 fully saturated rings. The third kappa shape index (κ3) is 5.50. The Hall–Kier alpha value is -3.48. The van der Waals surface area contributed by atoms with Crippen molar-refractivity contribution < 1.29 is 9.59 Å². The summed E-state index contributed by atoms with van der Waals surface area (Å²) >= 11 is 0. The van der Waals surface area contributed by atoms with Crippen LogP contribution in [0.4, 0.5) is 5.69 Å². The lowest BCUT2D eigenvalue weighted by molar-refractivity contribution is -0.121.